The van der Waals surface area contributed by atoms with Crippen molar-refractivity contribution in [3.63, 3.8) is 0 Å². The molecule has 1 aromatic carbocycles. The molecule has 0 aliphatic rings. The zero-order valence-electron chi connectivity index (χ0n) is 11.5. The summed E-state index contributed by atoms with van der Waals surface area (Å²) >= 11 is 0. The molecule has 8 heteroatoms. The van der Waals surface area contributed by atoms with Crippen LogP contribution in [0.15, 0.2) is 29.2 Å². The lowest BCUT2D eigenvalue weighted by atomic mass is 10.1. The van der Waals surface area contributed by atoms with E-state index in [4.69, 9.17) is 5.11 Å². The van der Waals surface area contributed by atoms with E-state index in [0.717, 1.165) is 0 Å². The van der Waals surface area contributed by atoms with Crippen LogP contribution in [0.25, 0.3) is 0 Å². The normalized spacial score (nSPS) is 11.3. The summed E-state index contributed by atoms with van der Waals surface area (Å²) in [6, 6.07) is 6.39. The van der Waals surface area contributed by atoms with Crippen molar-refractivity contribution in [1.82, 2.24) is 10.2 Å². The monoisotopic (exact) mass is 309 g/mol. The first-order valence-corrected chi connectivity index (χ1v) is 7.63. The van der Waals surface area contributed by atoms with E-state index in [2.05, 4.69) is 14.9 Å². The van der Waals surface area contributed by atoms with Gasteiger partial charge in [-0.05, 0) is 25.5 Å². The average Bonchev–Trinajstić information content (AvgIpc) is 2.71. The van der Waals surface area contributed by atoms with Crippen LogP contribution in [-0.2, 0) is 21.2 Å². The highest BCUT2D eigenvalue weighted by Gasteiger charge is 2.23. The van der Waals surface area contributed by atoms with Crippen molar-refractivity contribution in [2.75, 3.05) is 4.72 Å². The van der Waals surface area contributed by atoms with E-state index in [1.54, 1.807) is 32.0 Å². The molecule has 21 heavy (non-hydrogen) atoms. The Morgan fingerprint density at radius 1 is 1.33 bits per heavy atom. The molecule has 0 bridgehead atoms. The number of H-pyrrole nitrogens is 1. The van der Waals surface area contributed by atoms with Gasteiger partial charge in [-0.25, -0.2) is 8.42 Å². The van der Waals surface area contributed by atoms with Gasteiger partial charge in [0.2, 0.25) is 0 Å². The third-order valence-corrected chi connectivity index (χ3v) is 4.56. The zero-order valence-corrected chi connectivity index (χ0v) is 12.4. The number of aryl methyl sites for hydroxylation is 2. The number of aromatic amines is 1. The lowest BCUT2D eigenvalue weighted by Gasteiger charge is -2.11. The number of anilines is 1. The summed E-state index contributed by atoms with van der Waals surface area (Å²) in [5, 5.41) is 15.3. The Hall–Kier alpha value is -2.35. The Labute approximate surface area is 122 Å². The van der Waals surface area contributed by atoms with Crippen LogP contribution < -0.4 is 4.72 Å². The number of carboxylic acid groups (broad SMARTS) is 1. The molecule has 1 aromatic heterocycles. The van der Waals surface area contributed by atoms with Crippen LogP contribution in [0, 0.1) is 13.8 Å². The SMILES string of the molecule is Cc1n[nH]c(C)c1S(=O)(=O)Nc1ccccc1CC(=O)O. The van der Waals surface area contributed by atoms with Crippen LogP contribution >= 0.6 is 0 Å². The molecular formula is C13H15N3O4S. The lowest BCUT2D eigenvalue weighted by Crippen LogP contribution is -2.16. The summed E-state index contributed by atoms with van der Waals surface area (Å²) in [5.74, 6) is -1.03. The fourth-order valence-electron chi connectivity index (χ4n) is 2.07. The van der Waals surface area contributed by atoms with E-state index < -0.39 is 16.0 Å². The first kappa shape index (κ1) is 15.0. The van der Waals surface area contributed by atoms with Crippen molar-refractivity contribution in [2.45, 2.75) is 25.2 Å². The molecule has 0 atom stereocenters. The number of benzene rings is 1. The highest BCUT2D eigenvalue weighted by molar-refractivity contribution is 7.92. The minimum atomic E-state index is -3.83. The van der Waals surface area contributed by atoms with Crippen LogP contribution in [0.4, 0.5) is 5.69 Å². The van der Waals surface area contributed by atoms with E-state index in [1.165, 1.54) is 6.07 Å². The van der Waals surface area contributed by atoms with E-state index in [-0.39, 0.29) is 17.0 Å². The molecule has 0 saturated carbocycles. The highest BCUT2D eigenvalue weighted by Crippen LogP contribution is 2.23. The summed E-state index contributed by atoms with van der Waals surface area (Å²) < 4.78 is 27.3. The van der Waals surface area contributed by atoms with Crippen LogP contribution in [0.3, 0.4) is 0 Å². The standard InChI is InChI=1S/C13H15N3O4S/c1-8-13(9(2)15-14-8)21(19,20)16-11-6-4-3-5-10(11)7-12(17)18/h3-6,16H,7H2,1-2H3,(H,14,15)(H,17,18). The van der Waals surface area contributed by atoms with Gasteiger partial charge in [0.05, 0.1) is 23.5 Å². The molecule has 0 saturated heterocycles. The van der Waals surface area contributed by atoms with Crippen LogP contribution in [0.1, 0.15) is 17.0 Å². The molecule has 0 spiro atoms. The van der Waals surface area contributed by atoms with E-state index in [1.807, 2.05) is 0 Å². The molecule has 2 rings (SSSR count). The minimum Gasteiger partial charge on any atom is -0.481 e. The van der Waals surface area contributed by atoms with Gasteiger partial charge in [-0.1, -0.05) is 18.2 Å². The molecule has 0 unspecified atom stereocenters. The van der Waals surface area contributed by atoms with Gasteiger partial charge in [0, 0.05) is 0 Å². The third-order valence-electron chi connectivity index (χ3n) is 2.93. The number of rotatable bonds is 5. The molecule has 3 N–H and O–H groups in total. The molecule has 0 amide bonds. The second-order valence-corrected chi connectivity index (χ2v) is 6.22. The fraction of sp³-hybridized carbons (Fsp3) is 0.231. The van der Waals surface area contributed by atoms with Gasteiger partial charge in [-0.15, -0.1) is 0 Å². The van der Waals surface area contributed by atoms with Gasteiger partial charge in [0.25, 0.3) is 10.0 Å². The smallest absolute Gasteiger partial charge is 0.307 e. The van der Waals surface area contributed by atoms with Gasteiger partial charge in [0.15, 0.2) is 0 Å². The van der Waals surface area contributed by atoms with Gasteiger partial charge in [-0.2, -0.15) is 5.10 Å². The summed E-state index contributed by atoms with van der Waals surface area (Å²) in [5.41, 5.74) is 1.43. The van der Waals surface area contributed by atoms with Gasteiger partial charge in [-0.3, -0.25) is 14.6 Å². The number of nitrogens with zero attached hydrogens (tertiary/aromatic N) is 1. The van der Waals surface area contributed by atoms with Crippen LogP contribution in [-0.4, -0.2) is 29.7 Å². The summed E-state index contributed by atoms with van der Waals surface area (Å²) in [7, 11) is -3.83. The molecule has 7 nitrogen and oxygen atoms in total. The number of nitrogens with one attached hydrogen (secondary N) is 2. The van der Waals surface area contributed by atoms with Gasteiger partial charge in [0.1, 0.15) is 4.90 Å². The topological polar surface area (TPSA) is 112 Å². The maximum Gasteiger partial charge on any atom is 0.307 e. The number of aliphatic carboxylic acids is 1. The van der Waals surface area contributed by atoms with E-state index >= 15 is 0 Å². The number of carbonyl (C=O) groups is 1. The summed E-state index contributed by atoms with van der Waals surface area (Å²) in [6.07, 6.45) is -0.262. The Balaban J connectivity index is 2.40. The van der Waals surface area contributed by atoms with Crippen molar-refractivity contribution in [2.24, 2.45) is 0 Å². The Morgan fingerprint density at radius 3 is 2.57 bits per heavy atom. The fourth-order valence-corrected chi connectivity index (χ4v) is 3.54. The number of hydrogen-bond acceptors (Lipinski definition) is 4. The number of sulfonamides is 1. The summed E-state index contributed by atoms with van der Waals surface area (Å²) in [6.45, 7) is 3.19. The van der Waals surface area contributed by atoms with Crippen molar-refractivity contribution in [3.8, 4) is 0 Å². The predicted octanol–water partition coefficient (Wildman–Crippen LogP) is 1.45. The first-order chi connectivity index (χ1) is 9.81. The van der Waals surface area contributed by atoms with E-state index in [0.29, 0.717) is 17.0 Å². The molecule has 0 radical (unpaired) electrons. The van der Waals surface area contributed by atoms with Gasteiger partial charge >= 0.3 is 5.97 Å². The molecule has 0 fully saturated rings. The van der Waals surface area contributed by atoms with E-state index in [9.17, 15) is 13.2 Å². The zero-order chi connectivity index (χ0) is 15.6. The van der Waals surface area contributed by atoms with Crippen molar-refractivity contribution >= 4 is 21.7 Å². The number of hydrogen-bond donors (Lipinski definition) is 3. The molecule has 0 aliphatic heterocycles. The Kier molecular flexibility index (Phi) is 3.99. The van der Waals surface area contributed by atoms with Crippen LogP contribution in [0.2, 0.25) is 0 Å². The average molecular weight is 309 g/mol. The Morgan fingerprint density at radius 2 is 2.00 bits per heavy atom. The Bertz CT molecular complexity index is 761. The summed E-state index contributed by atoms with van der Waals surface area (Å²) in [4.78, 5) is 10.9. The number of aromatic nitrogens is 2. The van der Waals surface area contributed by atoms with Crippen molar-refractivity contribution < 1.29 is 18.3 Å². The number of carboxylic acids is 1. The third kappa shape index (κ3) is 3.22. The molecule has 1 heterocycles. The lowest BCUT2D eigenvalue weighted by molar-refractivity contribution is -0.136. The molecule has 2 aromatic rings. The quantitative estimate of drug-likeness (QED) is 0.774. The molecule has 0 aliphatic carbocycles. The van der Waals surface area contributed by atoms with Crippen molar-refractivity contribution in [3.05, 3.63) is 41.2 Å². The first-order valence-electron chi connectivity index (χ1n) is 6.15. The second kappa shape index (κ2) is 5.57. The highest BCUT2D eigenvalue weighted by atomic mass is 32.2. The minimum absolute atomic E-state index is 0.0765. The maximum atomic E-state index is 12.4. The molecule has 112 valence electrons. The van der Waals surface area contributed by atoms with Crippen LogP contribution in [0.5, 0.6) is 0 Å². The second-order valence-electron chi connectivity index (χ2n) is 4.60. The predicted molar refractivity (Wildman–Crippen MR) is 76.7 cm³/mol. The number of para-hydroxylation sites is 1. The van der Waals surface area contributed by atoms with Gasteiger partial charge < -0.3 is 5.11 Å². The van der Waals surface area contributed by atoms with Crippen molar-refractivity contribution in [1.29, 1.82) is 0 Å². The maximum absolute atomic E-state index is 12.4. The largest absolute Gasteiger partial charge is 0.481 e. The molecular weight excluding hydrogens is 294 g/mol.